The van der Waals surface area contributed by atoms with Crippen molar-refractivity contribution in [3.8, 4) is 0 Å². The van der Waals surface area contributed by atoms with Gasteiger partial charge in [-0.1, -0.05) is 26.0 Å². The highest BCUT2D eigenvalue weighted by Crippen LogP contribution is 2.17. The van der Waals surface area contributed by atoms with Crippen molar-refractivity contribution >= 4 is 9.84 Å². The van der Waals surface area contributed by atoms with Crippen LogP contribution in [0.2, 0.25) is 0 Å². The van der Waals surface area contributed by atoms with Gasteiger partial charge in [0.25, 0.3) is 0 Å². The van der Waals surface area contributed by atoms with Crippen LogP contribution in [0.25, 0.3) is 0 Å². The molecule has 0 amide bonds. The molecule has 20 heavy (non-hydrogen) atoms. The maximum absolute atomic E-state index is 13.5. The summed E-state index contributed by atoms with van der Waals surface area (Å²) in [5.74, 6) is -0.665. The summed E-state index contributed by atoms with van der Waals surface area (Å²) in [6.45, 7) is 5.12. The van der Waals surface area contributed by atoms with Crippen molar-refractivity contribution in [2.45, 2.75) is 50.5 Å². The van der Waals surface area contributed by atoms with Gasteiger partial charge in [0.05, 0.1) is 5.75 Å². The van der Waals surface area contributed by atoms with Crippen molar-refractivity contribution in [2.24, 2.45) is 0 Å². The summed E-state index contributed by atoms with van der Waals surface area (Å²) in [4.78, 5) is -0.186. The monoisotopic (exact) mass is 301 g/mol. The zero-order chi connectivity index (χ0) is 15.0. The molecule has 0 bridgehead atoms. The summed E-state index contributed by atoms with van der Waals surface area (Å²) in [6, 6.07) is 5.90. The van der Waals surface area contributed by atoms with Gasteiger partial charge in [0.1, 0.15) is 10.7 Å². The lowest BCUT2D eigenvalue weighted by atomic mass is 10.1. The molecule has 0 aliphatic heterocycles. The molecular formula is C15H24FNO2S. The van der Waals surface area contributed by atoms with Gasteiger partial charge in [-0.2, -0.15) is 0 Å². The van der Waals surface area contributed by atoms with Crippen molar-refractivity contribution < 1.29 is 12.8 Å². The highest BCUT2D eigenvalue weighted by molar-refractivity contribution is 7.91. The van der Waals surface area contributed by atoms with Crippen LogP contribution in [0.1, 0.15) is 39.5 Å². The fourth-order valence-electron chi connectivity index (χ4n) is 2.13. The molecule has 114 valence electrons. The van der Waals surface area contributed by atoms with Crippen LogP contribution < -0.4 is 5.32 Å². The van der Waals surface area contributed by atoms with Crippen LogP contribution in [0.5, 0.6) is 0 Å². The normalized spacial score (nSPS) is 13.3. The van der Waals surface area contributed by atoms with E-state index in [0.717, 1.165) is 25.8 Å². The third-order valence-electron chi connectivity index (χ3n) is 3.31. The maximum Gasteiger partial charge on any atom is 0.181 e. The molecule has 1 aromatic rings. The number of hydrogen-bond donors (Lipinski definition) is 1. The molecule has 0 saturated carbocycles. The molecule has 1 atom stereocenters. The minimum absolute atomic E-state index is 0.00175. The Hall–Kier alpha value is -0.940. The van der Waals surface area contributed by atoms with Crippen LogP contribution in [0.4, 0.5) is 4.39 Å². The van der Waals surface area contributed by atoms with Crippen LogP contribution in [-0.2, 0) is 9.84 Å². The molecule has 0 fully saturated rings. The summed E-state index contributed by atoms with van der Waals surface area (Å²) in [6.07, 6.45) is 3.37. The Morgan fingerprint density at radius 1 is 1.25 bits per heavy atom. The SMILES string of the molecule is CCCNC(CC)CCCS(=O)(=O)c1ccccc1F. The van der Waals surface area contributed by atoms with Crippen LogP contribution in [0.15, 0.2) is 29.2 Å². The third-order valence-corrected chi connectivity index (χ3v) is 5.14. The number of nitrogens with one attached hydrogen (secondary N) is 1. The number of sulfone groups is 1. The lowest BCUT2D eigenvalue weighted by Gasteiger charge is -2.16. The summed E-state index contributed by atoms with van der Waals surface area (Å²) in [7, 11) is -3.52. The molecule has 1 rings (SSSR count). The van der Waals surface area contributed by atoms with Crippen LogP contribution >= 0.6 is 0 Å². The van der Waals surface area contributed by atoms with E-state index in [1.54, 1.807) is 6.07 Å². The predicted molar refractivity (Wildman–Crippen MR) is 80.1 cm³/mol. The standard InChI is InChI=1S/C15H24FNO2S/c1-3-11-17-13(4-2)8-7-12-20(18,19)15-10-6-5-9-14(15)16/h5-6,9-10,13,17H,3-4,7-8,11-12H2,1-2H3. The number of halogens is 1. The first-order valence-electron chi connectivity index (χ1n) is 7.22. The third kappa shape index (κ3) is 5.21. The van der Waals surface area contributed by atoms with Crippen molar-refractivity contribution in [3.63, 3.8) is 0 Å². The molecule has 1 unspecified atom stereocenters. The molecular weight excluding hydrogens is 277 g/mol. The Bertz CT molecular complexity index is 502. The van der Waals surface area contributed by atoms with Crippen molar-refractivity contribution in [3.05, 3.63) is 30.1 Å². The van der Waals surface area contributed by atoms with Crippen LogP contribution in [0.3, 0.4) is 0 Å². The van der Waals surface area contributed by atoms with E-state index in [9.17, 15) is 12.8 Å². The largest absolute Gasteiger partial charge is 0.314 e. The summed E-state index contributed by atoms with van der Waals surface area (Å²) in [5.41, 5.74) is 0. The predicted octanol–water partition coefficient (Wildman–Crippen LogP) is 3.16. The number of hydrogen-bond acceptors (Lipinski definition) is 3. The van der Waals surface area contributed by atoms with E-state index in [1.165, 1.54) is 18.2 Å². The molecule has 3 nitrogen and oxygen atoms in total. The summed E-state index contributed by atoms with van der Waals surface area (Å²) >= 11 is 0. The second kappa shape index (κ2) is 8.37. The minimum atomic E-state index is -3.52. The van der Waals surface area contributed by atoms with Gasteiger partial charge in [0.2, 0.25) is 0 Å². The zero-order valence-electron chi connectivity index (χ0n) is 12.2. The molecule has 0 aliphatic rings. The van der Waals surface area contributed by atoms with Crippen LogP contribution in [-0.4, -0.2) is 26.8 Å². The van der Waals surface area contributed by atoms with E-state index in [1.807, 2.05) is 0 Å². The Balaban J connectivity index is 2.54. The van der Waals surface area contributed by atoms with E-state index in [0.29, 0.717) is 12.5 Å². The van der Waals surface area contributed by atoms with Gasteiger partial charge in [0.15, 0.2) is 9.84 Å². The lowest BCUT2D eigenvalue weighted by Crippen LogP contribution is -2.29. The first-order valence-corrected chi connectivity index (χ1v) is 8.87. The smallest absolute Gasteiger partial charge is 0.181 e. The van der Waals surface area contributed by atoms with Crippen molar-refractivity contribution in [2.75, 3.05) is 12.3 Å². The van der Waals surface area contributed by atoms with E-state index in [2.05, 4.69) is 19.2 Å². The number of rotatable bonds is 9. The van der Waals surface area contributed by atoms with Gasteiger partial charge in [-0.15, -0.1) is 0 Å². The van der Waals surface area contributed by atoms with E-state index in [4.69, 9.17) is 0 Å². The Kier molecular flexibility index (Phi) is 7.16. The topological polar surface area (TPSA) is 46.2 Å². The highest BCUT2D eigenvalue weighted by Gasteiger charge is 2.18. The van der Waals surface area contributed by atoms with E-state index in [-0.39, 0.29) is 10.6 Å². The van der Waals surface area contributed by atoms with E-state index < -0.39 is 15.7 Å². The average Bonchev–Trinajstić information content (AvgIpc) is 2.42. The van der Waals surface area contributed by atoms with Crippen LogP contribution in [0, 0.1) is 5.82 Å². The highest BCUT2D eigenvalue weighted by atomic mass is 32.2. The molecule has 0 aromatic heterocycles. The minimum Gasteiger partial charge on any atom is -0.314 e. The Labute approximate surface area is 121 Å². The second-order valence-corrected chi connectivity index (χ2v) is 7.03. The Morgan fingerprint density at radius 2 is 1.95 bits per heavy atom. The number of benzene rings is 1. The fourth-order valence-corrected chi connectivity index (χ4v) is 3.54. The molecule has 1 aromatic carbocycles. The summed E-state index contributed by atoms with van der Waals surface area (Å²) in [5, 5.41) is 3.39. The van der Waals surface area contributed by atoms with Gasteiger partial charge >= 0.3 is 0 Å². The Morgan fingerprint density at radius 3 is 2.55 bits per heavy atom. The molecule has 5 heteroatoms. The van der Waals surface area contributed by atoms with Crippen molar-refractivity contribution in [1.29, 1.82) is 0 Å². The molecule has 0 spiro atoms. The van der Waals surface area contributed by atoms with Gasteiger partial charge in [-0.3, -0.25) is 0 Å². The van der Waals surface area contributed by atoms with E-state index >= 15 is 0 Å². The quantitative estimate of drug-likeness (QED) is 0.762. The molecule has 0 radical (unpaired) electrons. The lowest BCUT2D eigenvalue weighted by molar-refractivity contribution is 0.462. The molecule has 0 saturated heterocycles. The maximum atomic E-state index is 13.5. The zero-order valence-corrected chi connectivity index (χ0v) is 13.0. The van der Waals surface area contributed by atoms with Crippen molar-refractivity contribution in [1.82, 2.24) is 5.32 Å². The molecule has 0 aliphatic carbocycles. The molecule has 1 N–H and O–H groups in total. The second-order valence-electron chi connectivity index (χ2n) is 4.95. The van der Waals surface area contributed by atoms with Gasteiger partial charge in [-0.05, 0) is 44.4 Å². The summed E-state index contributed by atoms with van der Waals surface area (Å²) < 4.78 is 37.7. The van der Waals surface area contributed by atoms with Gasteiger partial charge in [0, 0.05) is 6.04 Å². The molecule has 0 heterocycles. The fraction of sp³-hybridized carbons (Fsp3) is 0.600. The average molecular weight is 301 g/mol. The van der Waals surface area contributed by atoms with Gasteiger partial charge < -0.3 is 5.32 Å². The first-order chi connectivity index (χ1) is 9.51. The van der Waals surface area contributed by atoms with Gasteiger partial charge in [-0.25, -0.2) is 12.8 Å². The first kappa shape index (κ1) is 17.1.